The summed E-state index contributed by atoms with van der Waals surface area (Å²) in [5.74, 6) is 0. The van der Waals surface area contributed by atoms with Crippen LogP contribution in [-0.2, 0) is 11.3 Å². The molecule has 0 aliphatic heterocycles. The average molecular weight is 264 g/mol. The van der Waals surface area contributed by atoms with Crippen LogP contribution in [0.5, 0.6) is 0 Å². The minimum atomic E-state index is 0.537. The number of rotatable bonds is 9. The zero-order valence-electron chi connectivity index (χ0n) is 12.8. The van der Waals surface area contributed by atoms with Gasteiger partial charge in [-0.2, -0.15) is 0 Å². The number of anilines is 1. The van der Waals surface area contributed by atoms with Crippen molar-refractivity contribution in [3.63, 3.8) is 0 Å². The van der Waals surface area contributed by atoms with Crippen LogP contribution in [0.1, 0.15) is 32.8 Å². The summed E-state index contributed by atoms with van der Waals surface area (Å²) in [6.45, 7) is 10.3. The maximum atomic E-state index is 5.21. The summed E-state index contributed by atoms with van der Waals surface area (Å²) in [7, 11) is 1.76. The van der Waals surface area contributed by atoms with Crippen molar-refractivity contribution in [2.24, 2.45) is 0 Å². The highest BCUT2D eigenvalue weighted by molar-refractivity contribution is 5.48. The van der Waals surface area contributed by atoms with Gasteiger partial charge in [0, 0.05) is 31.9 Å². The maximum absolute atomic E-state index is 5.21. The highest BCUT2D eigenvalue weighted by Gasteiger charge is 2.12. The minimum Gasteiger partial charge on any atom is -0.383 e. The quantitative estimate of drug-likeness (QED) is 0.742. The van der Waals surface area contributed by atoms with Crippen LogP contribution in [-0.4, -0.2) is 32.8 Å². The second-order valence-corrected chi connectivity index (χ2v) is 4.89. The zero-order valence-corrected chi connectivity index (χ0v) is 12.8. The van der Waals surface area contributed by atoms with Crippen molar-refractivity contribution in [3.05, 3.63) is 29.8 Å². The molecule has 1 aromatic carbocycles. The number of ether oxygens (including phenoxy) is 1. The molecule has 1 unspecified atom stereocenters. The molecule has 19 heavy (non-hydrogen) atoms. The van der Waals surface area contributed by atoms with E-state index >= 15 is 0 Å². The molecule has 3 nitrogen and oxygen atoms in total. The van der Waals surface area contributed by atoms with Gasteiger partial charge in [0.1, 0.15) is 0 Å². The van der Waals surface area contributed by atoms with E-state index in [1.54, 1.807) is 7.11 Å². The van der Waals surface area contributed by atoms with Gasteiger partial charge in [-0.15, -0.1) is 0 Å². The Morgan fingerprint density at radius 3 is 2.42 bits per heavy atom. The fourth-order valence-electron chi connectivity index (χ4n) is 2.09. The van der Waals surface area contributed by atoms with Gasteiger partial charge < -0.3 is 15.0 Å². The predicted molar refractivity (Wildman–Crippen MR) is 82.8 cm³/mol. The van der Waals surface area contributed by atoms with Gasteiger partial charge in [0.25, 0.3) is 0 Å². The lowest BCUT2D eigenvalue weighted by molar-refractivity contribution is 0.203. The predicted octanol–water partition coefficient (Wildman–Crippen LogP) is 3.05. The van der Waals surface area contributed by atoms with Crippen LogP contribution >= 0.6 is 0 Å². The summed E-state index contributed by atoms with van der Waals surface area (Å²) in [6.07, 6.45) is 1.14. The number of nitrogens with one attached hydrogen (secondary N) is 1. The Balaban J connectivity index is 2.72. The standard InChI is InChI=1S/C16H28N2O/c1-5-14(3)18(11-12-19-4)16-9-7-15(8-10-16)13-17-6-2/h7-10,14,17H,5-6,11-13H2,1-4H3. The molecule has 0 aromatic heterocycles. The van der Waals surface area contributed by atoms with E-state index < -0.39 is 0 Å². The molecule has 3 heteroatoms. The van der Waals surface area contributed by atoms with E-state index in [4.69, 9.17) is 4.74 Å². The third kappa shape index (κ3) is 5.21. The zero-order chi connectivity index (χ0) is 14.1. The van der Waals surface area contributed by atoms with Crippen LogP contribution in [0.4, 0.5) is 5.69 Å². The van der Waals surface area contributed by atoms with Crippen LogP contribution in [0, 0.1) is 0 Å². The molecule has 0 saturated heterocycles. The van der Waals surface area contributed by atoms with Crippen LogP contribution in [0.2, 0.25) is 0 Å². The van der Waals surface area contributed by atoms with Crippen molar-refractivity contribution < 1.29 is 4.74 Å². The SMILES string of the molecule is CCNCc1ccc(N(CCOC)C(C)CC)cc1. The number of hydrogen-bond donors (Lipinski definition) is 1. The summed E-state index contributed by atoms with van der Waals surface area (Å²) < 4.78 is 5.21. The number of methoxy groups -OCH3 is 1. The van der Waals surface area contributed by atoms with E-state index in [0.29, 0.717) is 6.04 Å². The van der Waals surface area contributed by atoms with Crippen molar-refractivity contribution in [3.8, 4) is 0 Å². The summed E-state index contributed by atoms with van der Waals surface area (Å²) in [5, 5.41) is 3.35. The number of benzene rings is 1. The van der Waals surface area contributed by atoms with Gasteiger partial charge in [-0.05, 0) is 37.6 Å². The molecule has 0 fully saturated rings. The van der Waals surface area contributed by atoms with Crippen molar-refractivity contribution in [2.75, 3.05) is 31.7 Å². The van der Waals surface area contributed by atoms with Gasteiger partial charge in [-0.3, -0.25) is 0 Å². The van der Waals surface area contributed by atoms with Crippen molar-refractivity contribution in [1.29, 1.82) is 0 Å². The first-order chi connectivity index (χ1) is 9.22. The topological polar surface area (TPSA) is 24.5 Å². The molecule has 1 atom stereocenters. The van der Waals surface area contributed by atoms with E-state index in [1.807, 2.05) is 0 Å². The summed E-state index contributed by atoms with van der Waals surface area (Å²) in [5.41, 5.74) is 2.62. The van der Waals surface area contributed by atoms with Crippen molar-refractivity contribution in [1.82, 2.24) is 5.32 Å². The first-order valence-corrected chi connectivity index (χ1v) is 7.28. The number of hydrogen-bond acceptors (Lipinski definition) is 3. The third-order valence-corrected chi connectivity index (χ3v) is 3.51. The molecule has 0 bridgehead atoms. The van der Waals surface area contributed by atoms with E-state index in [9.17, 15) is 0 Å². The number of nitrogens with zero attached hydrogens (tertiary/aromatic N) is 1. The highest BCUT2D eigenvalue weighted by atomic mass is 16.5. The summed E-state index contributed by atoms with van der Waals surface area (Å²) in [4.78, 5) is 2.42. The van der Waals surface area contributed by atoms with E-state index in [1.165, 1.54) is 11.3 Å². The lowest BCUT2D eigenvalue weighted by atomic mass is 10.1. The fraction of sp³-hybridized carbons (Fsp3) is 0.625. The molecule has 0 radical (unpaired) electrons. The maximum Gasteiger partial charge on any atom is 0.0637 e. The molecule has 0 heterocycles. The fourth-order valence-corrected chi connectivity index (χ4v) is 2.09. The molecule has 0 aliphatic rings. The highest BCUT2D eigenvalue weighted by Crippen LogP contribution is 2.19. The summed E-state index contributed by atoms with van der Waals surface area (Å²) in [6, 6.07) is 9.39. The Morgan fingerprint density at radius 1 is 1.21 bits per heavy atom. The average Bonchev–Trinajstić information content (AvgIpc) is 2.46. The molecule has 0 saturated carbocycles. The molecular weight excluding hydrogens is 236 g/mol. The van der Waals surface area contributed by atoms with Gasteiger partial charge in [-0.25, -0.2) is 0 Å². The Labute approximate surface area is 118 Å². The van der Waals surface area contributed by atoms with Crippen LogP contribution in [0.15, 0.2) is 24.3 Å². The minimum absolute atomic E-state index is 0.537. The van der Waals surface area contributed by atoms with E-state index in [0.717, 1.165) is 32.7 Å². The van der Waals surface area contributed by atoms with E-state index in [-0.39, 0.29) is 0 Å². The normalized spacial score (nSPS) is 12.4. The molecule has 0 spiro atoms. The Morgan fingerprint density at radius 2 is 1.89 bits per heavy atom. The van der Waals surface area contributed by atoms with Crippen LogP contribution < -0.4 is 10.2 Å². The molecule has 1 rings (SSSR count). The Kier molecular flexibility index (Phi) is 7.53. The van der Waals surface area contributed by atoms with Gasteiger partial charge in [0.05, 0.1) is 6.61 Å². The van der Waals surface area contributed by atoms with Crippen LogP contribution in [0.25, 0.3) is 0 Å². The molecule has 0 amide bonds. The second kappa shape index (κ2) is 8.94. The molecule has 1 N–H and O–H groups in total. The Bertz CT molecular complexity index is 337. The largest absolute Gasteiger partial charge is 0.383 e. The Hall–Kier alpha value is -1.06. The van der Waals surface area contributed by atoms with Gasteiger partial charge in [0.15, 0.2) is 0 Å². The smallest absolute Gasteiger partial charge is 0.0637 e. The summed E-state index contributed by atoms with van der Waals surface area (Å²) >= 11 is 0. The van der Waals surface area contributed by atoms with Gasteiger partial charge in [0.2, 0.25) is 0 Å². The van der Waals surface area contributed by atoms with Gasteiger partial charge >= 0.3 is 0 Å². The second-order valence-electron chi connectivity index (χ2n) is 4.89. The van der Waals surface area contributed by atoms with E-state index in [2.05, 4.69) is 55.3 Å². The van der Waals surface area contributed by atoms with Crippen molar-refractivity contribution >= 4 is 5.69 Å². The van der Waals surface area contributed by atoms with Gasteiger partial charge in [-0.1, -0.05) is 26.0 Å². The van der Waals surface area contributed by atoms with Crippen molar-refractivity contribution in [2.45, 2.75) is 39.8 Å². The molecule has 108 valence electrons. The third-order valence-electron chi connectivity index (χ3n) is 3.51. The lowest BCUT2D eigenvalue weighted by Crippen LogP contribution is -2.35. The first-order valence-electron chi connectivity index (χ1n) is 7.28. The molecule has 0 aliphatic carbocycles. The monoisotopic (exact) mass is 264 g/mol. The first kappa shape index (κ1) is 16.0. The molecule has 1 aromatic rings. The van der Waals surface area contributed by atoms with Crippen LogP contribution in [0.3, 0.4) is 0 Å². The molecular formula is C16H28N2O. The lowest BCUT2D eigenvalue weighted by Gasteiger charge is -2.30.